The first kappa shape index (κ1) is 11.8. The molecule has 0 aromatic carbocycles. The highest BCUT2D eigenvalue weighted by atomic mass is 127. The van der Waals surface area contributed by atoms with Crippen molar-refractivity contribution in [2.75, 3.05) is 0 Å². The van der Waals surface area contributed by atoms with Crippen LogP contribution in [0.5, 0.6) is 0 Å². The van der Waals surface area contributed by atoms with Crippen molar-refractivity contribution in [3.8, 4) is 6.07 Å². The molecule has 1 rings (SSSR count). The van der Waals surface area contributed by atoms with Gasteiger partial charge >= 0.3 is 0 Å². The minimum atomic E-state index is -2.65. The molecule has 0 bridgehead atoms. The van der Waals surface area contributed by atoms with Crippen molar-refractivity contribution in [3.63, 3.8) is 0 Å². The Kier molecular flexibility index (Phi) is 4.19. The molecule has 2 nitrogen and oxygen atoms in total. The molecule has 14 heavy (non-hydrogen) atoms. The van der Waals surface area contributed by atoms with Gasteiger partial charge in [-0.2, -0.15) is 5.26 Å². The summed E-state index contributed by atoms with van der Waals surface area (Å²) in [6.07, 6.45) is -2.65. The maximum Gasteiger partial charge on any atom is 0.280 e. The van der Waals surface area contributed by atoms with Crippen LogP contribution in [0.1, 0.15) is 23.4 Å². The van der Waals surface area contributed by atoms with Crippen molar-refractivity contribution >= 4 is 38.5 Å². The summed E-state index contributed by atoms with van der Waals surface area (Å²) in [5, 5.41) is 8.92. The van der Waals surface area contributed by atoms with E-state index in [0.717, 1.165) is 0 Å². The smallest absolute Gasteiger partial charge is 0.235 e. The molecule has 0 spiro atoms. The molecule has 0 saturated carbocycles. The van der Waals surface area contributed by atoms with Crippen molar-refractivity contribution < 1.29 is 8.78 Å². The Morgan fingerprint density at radius 1 is 1.64 bits per heavy atom. The minimum absolute atomic E-state index is 0.0469. The van der Waals surface area contributed by atoms with E-state index in [1.165, 1.54) is 0 Å². The van der Waals surface area contributed by atoms with E-state index >= 15 is 0 Å². The highest BCUT2D eigenvalue weighted by Crippen LogP contribution is 2.25. The van der Waals surface area contributed by atoms with E-state index in [0.29, 0.717) is 14.5 Å². The Balaban J connectivity index is 3.34. The summed E-state index contributed by atoms with van der Waals surface area (Å²) in [4.78, 5) is 3.61. The van der Waals surface area contributed by atoms with Crippen LogP contribution in [0.4, 0.5) is 8.78 Å². The van der Waals surface area contributed by atoms with Crippen LogP contribution in [0.25, 0.3) is 0 Å². The lowest BCUT2D eigenvalue weighted by atomic mass is 10.2. The monoisotopic (exact) mass is 372 g/mol. The average Bonchev–Trinajstić information content (AvgIpc) is 2.16. The number of pyridine rings is 1. The molecule has 6 heteroatoms. The van der Waals surface area contributed by atoms with E-state index in [2.05, 4.69) is 20.9 Å². The first-order valence-electron chi connectivity index (χ1n) is 3.53. The molecule has 0 amide bonds. The second kappa shape index (κ2) is 4.98. The first-order chi connectivity index (χ1) is 6.60. The predicted molar refractivity (Wildman–Crippen MR) is 59.3 cm³/mol. The second-order valence-electron chi connectivity index (χ2n) is 2.41. The SMILES string of the molecule is N#Cc1nc(C(F)F)c(CBr)cc1I. The third kappa shape index (κ3) is 2.39. The zero-order valence-corrected chi connectivity index (χ0v) is 10.5. The number of rotatable bonds is 2. The van der Waals surface area contributed by atoms with Gasteiger partial charge in [-0.05, 0) is 34.2 Å². The summed E-state index contributed by atoms with van der Waals surface area (Å²) in [6, 6.07) is 3.32. The number of hydrogen-bond donors (Lipinski definition) is 0. The molecule has 0 fully saturated rings. The van der Waals surface area contributed by atoms with E-state index in [1.807, 2.05) is 22.6 Å². The van der Waals surface area contributed by atoms with Crippen molar-refractivity contribution in [1.29, 1.82) is 5.26 Å². The van der Waals surface area contributed by atoms with Gasteiger partial charge in [0.25, 0.3) is 6.43 Å². The fourth-order valence-corrected chi connectivity index (χ4v) is 1.98. The predicted octanol–water partition coefficient (Wildman–Crippen LogP) is 3.39. The van der Waals surface area contributed by atoms with Crippen molar-refractivity contribution in [3.05, 3.63) is 26.6 Å². The summed E-state index contributed by atoms with van der Waals surface area (Å²) in [7, 11) is 0. The Labute approximate surface area is 102 Å². The van der Waals surface area contributed by atoms with E-state index in [4.69, 9.17) is 5.26 Å². The highest BCUT2D eigenvalue weighted by Gasteiger charge is 2.17. The molecule has 0 saturated heterocycles. The van der Waals surface area contributed by atoms with Gasteiger partial charge in [0, 0.05) is 8.90 Å². The maximum absolute atomic E-state index is 12.5. The van der Waals surface area contributed by atoms with Crippen LogP contribution in [0, 0.1) is 14.9 Å². The normalized spacial score (nSPS) is 10.3. The summed E-state index contributed by atoms with van der Waals surface area (Å²) < 4.78 is 25.5. The van der Waals surface area contributed by atoms with Crippen molar-refractivity contribution in [2.24, 2.45) is 0 Å². The number of halogens is 4. The summed E-state index contributed by atoms with van der Waals surface area (Å²) >= 11 is 5.00. The number of nitrogens with zero attached hydrogens (tertiary/aromatic N) is 2. The van der Waals surface area contributed by atoms with Crippen LogP contribution in [0.2, 0.25) is 0 Å². The van der Waals surface area contributed by atoms with E-state index in [-0.39, 0.29) is 11.4 Å². The topological polar surface area (TPSA) is 36.7 Å². The Hall–Kier alpha value is -0.290. The van der Waals surface area contributed by atoms with Gasteiger partial charge < -0.3 is 0 Å². The lowest BCUT2D eigenvalue weighted by molar-refractivity contribution is 0.145. The molecule has 0 aliphatic heterocycles. The highest BCUT2D eigenvalue weighted by molar-refractivity contribution is 14.1. The molecule has 74 valence electrons. The average molecular weight is 373 g/mol. The molecule has 1 heterocycles. The summed E-state index contributed by atoms with van der Waals surface area (Å²) in [6.45, 7) is 0. The largest absolute Gasteiger partial charge is 0.280 e. The van der Waals surface area contributed by atoms with Crippen molar-refractivity contribution in [1.82, 2.24) is 4.98 Å². The van der Waals surface area contributed by atoms with Gasteiger partial charge in [0.15, 0.2) is 5.69 Å². The van der Waals surface area contributed by atoms with Gasteiger partial charge in [0.05, 0.1) is 0 Å². The number of hydrogen-bond acceptors (Lipinski definition) is 2. The van der Waals surface area contributed by atoms with Crippen LogP contribution in [-0.2, 0) is 5.33 Å². The lowest BCUT2D eigenvalue weighted by Gasteiger charge is -2.06. The zero-order valence-electron chi connectivity index (χ0n) is 6.77. The quantitative estimate of drug-likeness (QED) is 0.589. The van der Waals surface area contributed by atoms with E-state index < -0.39 is 6.43 Å². The van der Waals surface area contributed by atoms with Crippen molar-refractivity contribution in [2.45, 2.75) is 11.8 Å². The summed E-state index contributed by atoms with van der Waals surface area (Å²) in [5.41, 5.74) is 0.146. The molecule has 1 aromatic heterocycles. The molecular formula is C8H4BrF2IN2. The van der Waals surface area contributed by atoms with Crippen LogP contribution >= 0.6 is 38.5 Å². The zero-order chi connectivity index (χ0) is 10.7. The number of nitriles is 1. The fraction of sp³-hybridized carbons (Fsp3) is 0.250. The first-order valence-corrected chi connectivity index (χ1v) is 5.73. The number of aromatic nitrogens is 1. The van der Waals surface area contributed by atoms with Gasteiger partial charge in [0.1, 0.15) is 11.8 Å². The van der Waals surface area contributed by atoms with Gasteiger partial charge in [-0.15, -0.1) is 0 Å². The third-order valence-electron chi connectivity index (χ3n) is 1.55. The van der Waals surface area contributed by atoms with Gasteiger partial charge in [-0.3, -0.25) is 0 Å². The second-order valence-corrected chi connectivity index (χ2v) is 4.13. The number of alkyl halides is 3. The van der Waals surface area contributed by atoms with Crippen LogP contribution in [0.15, 0.2) is 6.07 Å². The molecule has 0 aliphatic rings. The lowest BCUT2D eigenvalue weighted by Crippen LogP contribution is -2.01. The standard InChI is InChI=1S/C8H4BrF2IN2/c9-2-4-1-5(12)6(3-13)14-7(4)8(10)11/h1,8H,2H2. The summed E-state index contributed by atoms with van der Waals surface area (Å²) in [5.74, 6) is 0. The maximum atomic E-state index is 12.5. The van der Waals surface area contributed by atoms with Crippen LogP contribution in [-0.4, -0.2) is 4.98 Å². The molecule has 0 radical (unpaired) electrons. The Morgan fingerprint density at radius 2 is 2.29 bits per heavy atom. The van der Waals surface area contributed by atoms with Gasteiger partial charge in [0.2, 0.25) is 0 Å². The van der Waals surface area contributed by atoms with E-state index in [9.17, 15) is 8.78 Å². The van der Waals surface area contributed by atoms with E-state index in [1.54, 1.807) is 12.1 Å². The third-order valence-corrected chi connectivity index (χ3v) is 2.97. The molecule has 0 unspecified atom stereocenters. The molecule has 0 aliphatic carbocycles. The molecule has 0 N–H and O–H groups in total. The molecule has 0 atom stereocenters. The molecule has 1 aromatic rings. The van der Waals surface area contributed by atoms with Crippen LogP contribution in [0.3, 0.4) is 0 Å². The Bertz CT molecular complexity index is 390. The van der Waals surface area contributed by atoms with Gasteiger partial charge in [-0.1, -0.05) is 15.9 Å². The van der Waals surface area contributed by atoms with Gasteiger partial charge in [-0.25, -0.2) is 13.8 Å². The fourth-order valence-electron chi connectivity index (χ4n) is 0.915. The Morgan fingerprint density at radius 3 is 2.71 bits per heavy atom. The molecular weight excluding hydrogens is 369 g/mol. The minimum Gasteiger partial charge on any atom is -0.235 e. The van der Waals surface area contributed by atoms with Crippen LogP contribution < -0.4 is 0 Å².